The summed E-state index contributed by atoms with van der Waals surface area (Å²) in [4.78, 5) is 2.36. The molecule has 0 fully saturated rings. The molecule has 0 heterocycles. The van der Waals surface area contributed by atoms with Crippen LogP contribution in [0.25, 0.3) is 5.57 Å². The smallest absolute Gasteiger partial charge is 0.119 e. The van der Waals surface area contributed by atoms with Gasteiger partial charge in [-0.05, 0) is 66.9 Å². The van der Waals surface area contributed by atoms with E-state index in [1.54, 1.807) is 12.1 Å². The summed E-state index contributed by atoms with van der Waals surface area (Å²) in [6, 6.07) is 15.9. The minimum atomic E-state index is 0.302. The number of benzene rings is 2. The SMILES string of the molecule is CCCCCCCC/C=C(\c1ccc(O)cc1)c1ccc(OCCN(CC)CC)cc1. The van der Waals surface area contributed by atoms with Crippen molar-refractivity contribution in [3.8, 4) is 11.5 Å². The molecule has 0 bridgehead atoms. The van der Waals surface area contributed by atoms with Crippen molar-refractivity contribution in [2.24, 2.45) is 0 Å². The van der Waals surface area contributed by atoms with E-state index in [4.69, 9.17) is 4.74 Å². The van der Waals surface area contributed by atoms with Crippen LogP contribution in [0, 0.1) is 0 Å². The molecule has 0 atom stereocenters. The van der Waals surface area contributed by atoms with Crippen molar-refractivity contribution in [2.75, 3.05) is 26.2 Å². The largest absolute Gasteiger partial charge is 0.508 e. The highest BCUT2D eigenvalue weighted by atomic mass is 16.5. The average Bonchev–Trinajstić information content (AvgIpc) is 2.80. The lowest BCUT2D eigenvalue weighted by atomic mass is 9.96. The van der Waals surface area contributed by atoms with Gasteiger partial charge >= 0.3 is 0 Å². The third-order valence-corrected chi connectivity index (χ3v) is 5.82. The molecule has 1 N–H and O–H groups in total. The number of rotatable bonds is 15. The minimum absolute atomic E-state index is 0.302. The van der Waals surface area contributed by atoms with Gasteiger partial charge in [-0.15, -0.1) is 0 Å². The van der Waals surface area contributed by atoms with Crippen molar-refractivity contribution in [2.45, 2.75) is 65.7 Å². The lowest BCUT2D eigenvalue weighted by Gasteiger charge is -2.18. The number of hydrogen-bond donors (Lipinski definition) is 1. The van der Waals surface area contributed by atoms with Crippen molar-refractivity contribution in [3.63, 3.8) is 0 Å². The Morgan fingerprint density at radius 2 is 1.39 bits per heavy atom. The molecule has 0 aromatic heterocycles. The summed E-state index contributed by atoms with van der Waals surface area (Å²) in [5.41, 5.74) is 3.55. The Labute approximate surface area is 189 Å². The number of phenols is 1. The van der Waals surface area contributed by atoms with Crippen molar-refractivity contribution in [3.05, 3.63) is 65.7 Å². The van der Waals surface area contributed by atoms with E-state index < -0.39 is 0 Å². The molecule has 31 heavy (non-hydrogen) atoms. The van der Waals surface area contributed by atoms with Crippen LogP contribution in [0.4, 0.5) is 0 Å². The molecule has 0 saturated carbocycles. The predicted molar refractivity (Wildman–Crippen MR) is 133 cm³/mol. The van der Waals surface area contributed by atoms with Crippen LogP contribution in [0.15, 0.2) is 54.6 Å². The summed E-state index contributed by atoms with van der Waals surface area (Å²) in [7, 11) is 0. The molecule has 0 saturated heterocycles. The number of phenolic OH excluding ortho intramolecular Hbond substituents is 1. The summed E-state index contributed by atoms with van der Waals surface area (Å²) >= 11 is 0. The molecule has 0 amide bonds. The third-order valence-electron chi connectivity index (χ3n) is 5.82. The molecule has 0 aliphatic carbocycles. The van der Waals surface area contributed by atoms with Crippen LogP contribution in [-0.4, -0.2) is 36.2 Å². The van der Waals surface area contributed by atoms with Crippen LogP contribution >= 0.6 is 0 Å². The normalized spacial score (nSPS) is 11.8. The van der Waals surface area contributed by atoms with Gasteiger partial charge in [-0.2, -0.15) is 0 Å². The van der Waals surface area contributed by atoms with Gasteiger partial charge in [-0.25, -0.2) is 0 Å². The fourth-order valence-electron chi connectivity index (χ4n) is 3.78. The van der Waals surface area contributed by atoms with Gasteiger partial charge in [0, 0.05) is 6.54 Å². The highest BCUT2D eigenvalue weighted by Crippen LogP contribution is 2.28. The van der Waals surface area contributed by atoms with Gasteiger partial charge in [0.2, 0.25) is 0 Å². The van der Waals surface area contributed by atoms with Crippen molar-refractivity contribution in [1.29, 1.82) is 0 Å². The first-order chi connectivity index (χ1) is 15.2. The summed E-state index contributed by atoms with van der Waals surface area (Å²) in [5, 5.41) is 9.68. The van der Waals surface area contributed by atoms with E-state index in [1.807, 2.05) is 12.1 Å². The van der Waals surface area contributed by atoms with Gasteiger partial charge in [0.25, 0.3) is 0 Å². The quantitative estimate of drug-likeness (QED) is 0.305. The van der Waals surface area contributed by atoms with E-state index in [2.05, 4.69) is 56.0 Å². The Kier molecular flexibility index (Phi) is 11.9. The molecule has 0 spiro atoms. The molecular formula is C28H41NO2. The predicted octanol–water partition coefficient (Wildman–Crippen LogP) is 7.30. The lowest BCUT2D eigenvalue weighted by molar-refractivity contribution is 0.223. The monoisotopic (exact) mass is 423 g/mol. The second kappa shape index (κ2) is 14.7. The second-order valence-corrected chi connectivity index (χ2v) is 8.12. The molecule has 170 valence electrons. The Balaban J connectivity index is 2.01. The van der Waals surface area contributed by atoms with Crippen molar-refractivity contribution < 1.29 is 9.84 Å². The van der Waals surface area contributed by atoms with Gasteiger partial charge in [0.1, 0.15) is 18.1 Å². The maximum atomic E-state index is 9.68. The number of aromatic hydroxyl groups is 1. The lowest BCUT2D eigenvalue weighted by Crippen LogP contribution is -2.27. The molecule has 0 aliphatic rings. The molecule has 0 aliphatic heterocycles. The number of nitrogens with zero attached hydrogens (tertiary/aromatic N) is 1. The molecule has 0 radical (unpaired) electrons. The Morgan fingerprint density at radius 3 is 2.00 bits per heavy atom. The van der Waals surface area contributed by atoms with Crippen LogP contribution in [0.1, 0.15) is 76.8 Å². The molecule has 2 aromatic rings. The molecule has 0 unspecified atom stereocenters. The molecule has 2 rings (SSSR count). The number of likely N-dealkylation sites (N-methyl/N-ethyl adjacent to an activating group) is 1. The van der Waals surface area contributed by atoms with Gasteiger partial charge in [0.05, 0.1) is 0 Å². The number of unbranched alkanes of at least 4 members (excludes halogenated alkanes) is 6. The highest BCUT2D eigenvalue weighted by molar-refractivity contribution is 5.80. The average molecular weight is 424 g/mol. The van der Waals surface area contributed by atoms with Gasteiger partial charge < -0.3 is 14.7 Å². The number of hydrogen-bond acceptors (Lipinski definition) is 3. The second-order valence-electron chi connectivity index (χ2n) is 8.12. The van der Waals surface area contributed by atoms with Crippen LogP contribution in [0.5, 0.6) is 11.5 Å². The zero-order valence-electron chi connectivity index (χ0n) is 19.8. The molecule has 3 nitrogen and oxygen atoms in total. The first kappa shape index (κ1) is 25.0. The van der Waals surface area contributed by atoms with E-state index in [0.717, 1.165) is 37.4 Å². The maximum Gasteiger partial charge on any atom is 0.119 e. The summed E-state index contributed by atoms with van der Waals surface area (Å²) in [6.45, 7) is 10.4. The van der Waals surface area contributed by atoms with Crippen molar-refractivity contribution in [1.82, 2.24) is 4.90 Å². The van der Waals surface area contributed by atoms with E-state index in [0.29, 0.717) is 12.4 Å². The van der Waals surface area contributed by atoms with E-state index >= 15 is 0 Å². The minimum Gasteiger partial charge on any atom is -0.508 e. The first-order valence-electron chi connectivity index (χ1n) is 12.1. The molecule has 2 aromatic carbocycles. The third kappa shape index (κ3) is 9.18. The zero-order chi connectivity index (χ0) is 22.3. The molecular weight excluding hydrogens is 382 g/mol. The highest BCUT2D eigenvalue weighted by Gasteiger charge is 2.07. The van der Waals surface area contributed by atoms with Crippen LogP contribution in [0.2, 0.25) is 0 Å². The van der Waals surface area contributed by atoms with Crippen molar-refractivity contribution >= 4 is 5.57 Å². The Bertz CT molecular complexity index is 746. The number of ether oxygens (including phenoxy) is 1. The zero-order valence-corrected chi connectivity index (χ0v) is 19.8. The Morgan fingerprint density at radius 1 is 0.806 bits per heavy atom. The standard InChI is InChI=1S/C28H41NO2/c1-4-7-8-9-10-11-12-13-28(24-14-18-26(30)19-15-24)25-16-20-27(21-17-25)31-23-22-29(5-2)6-3/h13-21,30H,4-12,22-23H2,1-3H3/b28-13+. The fourth-order valence-corrected chi connectivity index (χ4v) is 3.78. The summed E-state index contributed by atoms with van der Waals surface area (Å²) < 4.78 is 5.95. The topological polar surface area (TPSA) is 32.7 Å². The van der Waals surface area contributed by atoms with E-state index in [-0.39, 0.29) is 0 Å². The maximum absolute atomic E-state index is 9.68. The van der Waals surface area contributed by atoms with E-state index in [9.17, 15) is 5.11 Å². The van der Waals surface area contributed by atoms with Crippen LogP contribution < -0.4 is 4.74 Å². The Hall–Kier alpha value is -2.26. The summed E-state index contributed by atoms with van der Waals surface area (Å²) in [6.07, 6.45) is 11.2. The molecule has 3 heteroatoms. The van der Waals surface area contributed by atoms with E-state index in [1.165, 1.54) is 49.7 Å². The van der Waals surface area contributed by atoms with Gasteiger partial charge in [-0.3, -0.25) is 0 Å². The summed E-state index contributed by atoms with van der Waals surface area (Å²) in [5.74, 6) is 1.22. The first-order valence-corrected chi connectivity index (χ1v) is 12.1. The van der Waals surface area contributed by atoms with Gasteiger partial charge in [0.15, 0.2) is 0 Å². The fraction of sp³-hybridized carbons (Fsp3) is 0.500. The van der Waals surface area contributed by atoms with Crippen LogP contribution in [-0.2, 0) is 0 Å². The van der Waals surface area contributed by atoms with Gasteiger partial charge in [-0.1, -0.05) is 83.2 Å². The van der Waals surface area contributed by atoms with Crippen LogP contribution in [0.3, 0.4) is 0 Å². The number of allylic oxidation sites excluding steroid dienone is 1.